The fraction of sp³-hybridized carbons (Fsp3) is 0.571. The minimum Gasteiger partial charge on any atom is -0.388 e. The van der Waals surface area contributed by atoms with E-state index in [0.29, 0.717) is 13.2 Å². The van der Waals surface area contributed by atoms with E-state index in [9.17, 15) is 5.11 Å². The number of aliphatic hydroxyl groups is 1. The fourth-order valence-corrected chi connectivity index (χ4v) is 2.38. The first-order valence-corrected chi connectivity index (χ1v) is 6.15. The lowest BCUT2D eigenvalue weighted by Gasteiger charge is -2.28. The molecule has 17 heavy (non-hydrogen) atoms. The van der Waals surface area contributed by atoms with E-state index in [-0.39, 0.29) is 5.92 Å². The van der Waals surface area contributed by atoms with Crippen molar-refractivity contribution in [2.45, 2.75) is 25.6 Å². The van der Waals surface area contributed by atoms with Crippen LogP contribution in [0.1, 0.15) is 30.1 Å². The number of aliphatic hydroxyl groups excluding tert-OH is 1. The Morgan fingerprint density at radius 1 is 1.47 bits per heavy atom. The van der Waals surface area contributed by atoms with Crippen LogP contribution >= 0.6 is 0 Å². The Hall–Kier alpha value is -0.900. The first-order valence-electron chi connectivity index (χ1n) is 6.15. The maximum absolute atomic E-state index is 10.4. The molecule has 2 unspecified atom stereocenters. The molecule has 2 atom stereocenters. The zero-order chi connectivity index (χ0) is 12.1. The van der Waals surface area contributed by atoms with E-state index >= 15 is 0 Å². The molecule has 94 valence electrons. The second kappa shape index (κ2) is 6.15. The smallest absolute Gasteiger partial charge is 0.0843 e. The van der Waals surface area contributed by atoms with Gasteiger partial charge in [-0.1, -0.05) is 24.3 Å². The number of rotatable bonds is 4. The van der Waals surface area contributed by atoms with Crippen LogP contribution in [0.4, 0.5) is 0 Å². The Morgan fingerprint density at radius 2 is 2.29 bits per heavy atom. The maximum Gasteiger partial charge on any atom is 0.0843 e. The molecule has 0 bridgehead atoms. The topological polar surface area (TPSA) is 38.7 Å². The minimum absolute atomic E-state index is 0.210. The highest BCUT2D eigenvalue weighted by atomic mass is 16.5. The summed E-state index contributed by atoms with van der Waals surface area (Å²) in [7, 11) is 1.67. The summed E-state index contributed by atoms with van der Waals surface area (Å²) in [4.78, 5) is 0. The number of methoxy groups -OCH3 is 1. The van der Waals surface area contributed by atoms with Gasteiger partial charge in [0.15, 0.2) is 0 Å². The van der Waals surface area contributed by atoms with E-state index in [1.165, 1.54) is 0 Å². The average Bonchev–Trinajstić information content (AvgIpc) is 2.40. The SMILES string of the molecule is COCc1ccccc1C(O)C1CCCOC1. The van der Waals surface area contributed by atoms with Crippen molar-refractivity contribution >= 4 is 0 Å². The van der Waals surface area contributed by atoms with Crippen LogP contribution in [-0.4, -0.2) is 25.4 Å². The molecular weight excluding hydrogens is 216 g/mol. The Kier molecular flexibility index (Phi) is 4.54. The van der Waals surface area contributed by atoms with Crippen LogP contribution in [0.3, 0.4) is 0 Å². The summed E-state index contributed by atoms with van der Waals surface area (Å²) in [5.41, 5.74) is 2.04. The minimum atomic E-state index is -0.443. The third kappa shape index (κ3) is 3.06. The van der Waals surface area contributed by atoms with Crippen LogP contribution < -0.4 is 0 Å². The lowest BCUT2D eigenvalue weighted by atomic mass is 9.89. The predicted octanol–water partition coefficient (Wildman–Crippen LogP) is 2.29. The van der Waals surface area contributed by atoms with Gasteiger partial charge in [-0.25, -0.2) is 0 Å². The van der Waals surface area contributed by atoms with Gasteiger partial charge in [0.25, 0.3) is 0 Å². The van der Waals surface area contributed by atoms with E-state index < -0.39 is 6.10 Å². The summed E-state index contributed by atoms with van der Waals surface area (Å²) < 4.78 is 10.6. The zero-order valence-electron chi connectivity index (χ0n) is 10.3. The van der Waals surface area contributed by atoms with Gasteiger partial charge < -0.3 is 14.6 Å². The summed E-state index contributed by atoms with van der Waals surface area (Å²) in [5, 5.41) is 10.4. The zero-order valence-corrected chi connectivity index (χ0v) is 10.3. The average molecular weight is 236 g/mol. The van der Waals surface area contributed by atoms with Crippen molar-refractivity contribution in [3.8, 4) is 0 Å². The standard InChI is InChI=1S/C14H20O3/c1-16-9-11-5-2-3-7-13(11)14(15)12-6-4-8-17-10-12/h2-3,5,7,12,14-15H,4,6,8-10H2,1H3. The molecule has 1 aromatic carbocycles. The van der Waals surface area contributed by atoms with Crippen molar-refractivity contribution in [3.05, 3.63) is 35.4 Å². The molecule has 0 aromatic heterocycles. The molecule has 1 heterocycles. The Balaban J connectivity index is 2.14. The van der Waals surface area contributed by atoms with Crippen molar-refractivity contribution in [1.29, 1.82) is 0 Å². The van der Waals surface area contributed by atoms with Crippen LogP contribution in [-0.2, 0) is 16.1 Å². The third-order valence-electron chi connectivity index (χ3n) is 3.32. The van der Waals surface area contributed by atoms with Crippen molar-refractivity contribution in [1.82, 2.24) is 0 Å². The molecule has 1 N–H and O–H groups in total. The Labute approximate surface area is 102 Å². The van der Waals surface area contributed by atoms with Crippen molar-refractivity contribution < 1.29 is 14.6 Å². The molecule has 3 heteroatoms. The molecule has 0 spiro atoms. The summed E-state index contributed by atoms with van der Waals surface area (Å²) >= 11 is 0. The van der Waals surface area contributed by atoms with Crippen molar-refractivity contribution in [2.75, 3.05) is 20.3 Å². The molecule has 1 aromatic rings. The molecule has 0 aliphatic carbocycles. The summed E-state index contributed by atoms with van der Waals surface area (Å²) in [5.74, 6) is 0.210. The number of hydrogen-bond acceptors (Lipinski definition) is 3. The number of benzene rings is 1. The van der Waals surface area contributed by atoms with Crippen LogP contribution in [0, 0.1) is 5.92 Å². The van der Waals surface area contributed by atoms with Gasteiger partial charge in [-0.15, -0.1) is 0 Å². The van der Waals surface area contributed by atoms with Gasteiger partial charge in [0.05, 0.1) is 19.3 Å². The molecule has 1 saturated heterocycles. The molecule has 1 aliphatic heterocycles. The second-order valence-corrected chi connectivity index (χ2v) is 4.55. The van der Waals surface area contributed by atoms with Crippen LogP contribution in [0.2, 0.25) is 0 Å². The second-order valence-electron chi connectivity index (χ2n) is 4.55. The van der Waals surface area contributed by atoms with Gasteiger partial charge >= 0.3 is 0 Å². The van der Waals surface area contributed by atoms with Gasteiger partial charge in [-0.05, 0) is 24.0 Å². The molecule has 2 rings (SSSR count). The molecule has 0 amide bonds. The maximum atomic E-state index is 10.4. The predicted molar refractivity (Wildman–Crippen MR) is 65.7 cm³/mol. The van der Waals surface area contributed by atoms with Gasteiger partial charge in [-0.2, -0.15) is 0 Å². The summed E-state index contributed by atoms with van der Waals surface area (Å²) in [6.07, 6.45) is 1.62. The Morgan fingerprint density at radius 3 is 3.00 bits per heavy atom. The number of hydrogen-bond donors (Lipinski definition) is 1. The molecule has 0 radical (unpaired) electrons. The molecule has 1 fully saturated rings. The highest BCUT2D eigenvalue weighted by Crippen LogP contribution is 2.30. The van der Waals surface area contributed by atoms with Gasteiger partial charge in [-0.3, -0.25) is 0 Å². The largest absolute Gasteiger partial charge is 0.388 e. The third-order valence-corrected chi connectivity index (χ3v) is 3.32. The van der Waals surface area contributed by atoms with Crippen LogP contribution in [0.15, 0.2) is 24.3 Å². The van der Waals surface area contributed by atoms with E-state index in [4.69, 9.17) is 9.47 Å². The Bertz CT molecular complexity index is 345. The van der Waals surface area contributed by atoms with E-state index in [2.05, 4.69) is 0 Å². The first kappa shape index (κ1) is 12.6. The van der Waals surface area contributed by atoms with Crippen LogP contribution in [0.5, 0.6) is 0 Å². The van der Waals surface area contributed by atoms with E-state index in [1.807, 2.05) is 24.3 Å². The monoisotopic (exact) mass is 236 g/mol. The van der Waals surface area contributed by atoms with Crippen LogP contribution in [0.25, 0.3) is 0 Å². The van der Waals surface area contributed by atoms with Gasteiger partial charge in [0, 0.05) is 19.6 Å². The normalized spacial score (nSPS) is 22.4. The highest BCUT2D eigenvalue weighted by Gasteiger charge is 2.25. The van der Waals surface area contributed by atoms with Crippen molar-refractivity contribution in [2.24, 2.45) is 5.92 Å². The molecular formula is C14H20O3. The molecule has 0 saturated carbocycles. The molecule has 3 nitrogen and oxygen atoms in total. The summed E-state index contributed by atoms with van der Waals surface area (Å²) in [6, 6.07) is 7.92. The van der Waals surface area contributed by atoms with E-state index in [0.717, 1.165) is 30.6 Å². The fourth-order valence-electron chi connectivity index (χ4n) is 2.38. The quantitative estimate of drug-likeness (QED) is 0.871. The number of ether oxygens (including phenoxy) is 2. The summed E-state index contributed by atoms with van der Waals surface area (Å²) in [6.45, 7) is 2.02. The lowest BCUT2D eigenvalue weighted by Crippen LogP contribution is -2.24. The van der Waals surface area contributed by atoms with Crippen molar-refractivity contribution in [3.63, 3.8) is 0 Å². The highest BCUT2D eigenvalue weighted by molar-refractivity contribution is 5.29. The lowest BCUT2D eigenvalue weighted by molar-refractivity contribution is -0.0107. The van der Waals surface area contributed by atoms with Gasteiger partial charge in [0.1, 0.15) is 0 Å². The molecule has 1 aliphatic rings. The first-order chi connectivity index (χ1) is 8.33. The van der Waals surface area contributed by atoms with Gasteiger partial charge in [0.2, 0.25) is 0 Å². The van der Waals surface area contributed by atoms with E-state index in [1.54, 1.807) is 7.11 Å².